The van der Waals surface area contributed by atoms with Crippen LogP contribution in [-0.2, 0) is 0 Å². The summed E-state index contributed by atoms with van der Waals surface area (Å²) in [7, 11) is 1.66. The first kappa shape index (κ1) is 13.3. The lowest BCUT2D eigenvalue weighted by Crippen LogP contribution is -2.45. The molecule has 1 aromatic rings. The van der Waals surface area contributed by atoms with Crippen LogP contribution < -0.4 is 10.1 Å². The Morgan fingerprint density at radius 1 is 1.28 bits per heavy atom. The van der Waals surface area contributed by atoms with Gasteiger partial charge < -0.3 is 10.1 Å². The lowest BCUT2D eigenvalue weighted by atomic mass is 10.0. The summed E-state index contributed by atoms with van der Waals surface area (Å²) in [5.74, 6) is 0.845. The molecule has 100 valence electrons. The van der Waals surface area contributed by atoms with Crippen molar-refractivity contribution in [1.82, 2.24) is 10.2 Å². The standard InChI is InChI=1S/C14H21FN2O/c1-18-13-4-2-12(3-5-13)14(6-7-15)17-10-8-16-9-11-17/h2-5,14,16H,6-11H2,1H3/t14-/m1/s1. The fourth-order valence-corrected chi connectivity index (χ4v) is 2.48. The van der Waals surface area contributed by atoms with Crippen molar-refractivity contribution in [3.8, 4) is 5.75 Å². The molecule has 1 aliphatic rings. The SMILES string of the molecule is COc1ccc([C@@H](CCF)N2CCNCC2)cc1. The average Bonchev–Trinajstić information content (AvgIpc) is 2.46. The Balaban J connectivity index is 2.11. The summed E-state index contributed by atoms with van der Waals surface area (Å²) in [6, 6.07) is 8.16. The van der Waals surface area contributed by atoms with Crippen molar-refractivity contribution in [1.29, 1.82) is 0 Å². The number of nitrogens with one attached hydrogen (secondary N) is 1. The summed E-state index contributed by atoms with van der Waals surface area (Å²) >= 11 is 0. The maximum atomic E-state index is 12.8. The summed E-state index contributed by atoms with van der Waals surface area (Å²) in [4.78, 5) is 2.36. The van der Waals surface area contributed by atoms with Gasteiger partial charge in [0.05, 0.1) is 13.8 Å². The lowest BCUT2D eigenvalue weighted by molar-refractivity contribution is 0.157. The molecule has 0 bridgehead atoms. The van der Waals surface area contributed by atoms with Crippen LogP contribution in [0, 0.1) is 0 Å². The highest BCUT2D eigenvalue weighted by Crippen LogP contribution is 2.26. The third kappa shape index (κ3) is 3.21. The molecule has 1 N–H and O–H groups in total. The fraction of sp³-hybridized carbons (Fsp3) is 0.571. The van der Waals surface area contributed by atoms with Gasteiger partial charge in [0.25, 0.3) is 0 Å². The second-order valence-electron chi connectivity index (χ2n) is 4.55. The second kappa shape index (κ2) is 6.71. The van der Waals surface area contributed by atoms with E-state index in [1.807, 2.05) is 24.3 Å². The molecule has 1 atom stereocenters. The monoisotopic (exact) mass is 252 g/mol. The van der Waals surface area contributed by atoms with Crippen molar-refractivity contribution in [2.45, 2.75) is 12.5 Å². The van der Waals surface area contributed by atoms with Crippen LogP contribution in [0.25, 0.3) is 0 Å². The van der Waals surface area contributed by atoms with Crippen LogP contribution in [0.2, 0.25) is 0 Å². The average molecular weight is 252 g/mol. The van der Waals surface area contributed by atoms with Gasteiger partial charge in [-0.15, -0.1) is 0 Å². The van der Waals surface area contributed by atoms with E-state index in [-0.39, 0.29) is 12.7 Å². The smallest absolute Gasteiger partial charge is 0.118 e. The fourth-order valence-electron chi connectivity index (χ4n) is 2.48. The minimum absolute atomic E-state index is 0.183. The van der Waals surface area contributed by atoms with E-state index >= 15 is 0 Å². The number of benzene rings is 1. The van der Waals surface area contributed by atoms with E-state index in [0.29, 0.717) is 6.42 Å². The molecule has 4 heteroatoms. The molecule has 0 aliphatic carbocycles. The van der Waals surface area contributed by atoms with Crippen molar-refractivity contribution in [2.24, 2.45) is 0 Å². The van der Waals surface area contributed by atoms with E-state index in [0.717, 1.165) is 31.9 Å². The maximum Gasteiger partial charge on any atom is 0.118 e. The van der Waals surface area contributed by atoms with Crippen molar-refractivity contribution in [3.63, 3.8) is 0 Å². The van der Waals surface area contributed by atoms with E-state index in [1.165, 1.54) is 5.56 Å². The maximum absolute atomic E-state index is 12.8. The van der Waals surface area contributed by atoms with Crippen LogP contribution in [0.3, 0.4) is 0 Å². The normalized spacial score (nSPS) is 18.6. The quantitative estimate of drug-likeness (QED) is 0.867. The Bertz CT molecular complexity index is 349. The summed E-state index contributed by atoms with van der Waals surface area (Å²) in [6.07, 6.45) is 0.562. The van der Waals surface area contributed by atoms with Gasteiger partial charge in [-0.05, 0) is 24.1 Å². The number of hydrogen-bond donors (Lipinski definition) is 1. The number of ether oxygens (including phenoxy) is 1. The van der Waals surface area contributed by atoms with Crippen molar-refractivity contribution in [3.05, 3.63) is 29.8 Å². The van der Waals surface area contributed by atoms with E-state index in [9.17, 15) is 4.39 Å². The van der Waals surface area contributed by atoms with Gasteiger partial charge in [0, 0.05) is 32.2 Å². The van der Waals surface area contributed by atoms with Gasteiger partial charge in [-0.25, -0.2) is 0 Å². The molecule has 1 heterocycles. The summed E-state index contributed by atoms with van der Waals surface area (Å²) in [5.41, 5.74) is 1.18. The molecule has 0 radical (unpaired) electrons. The topological polar surface area (TPSA) is 24.5 Å². The zero-order valence-electron chi connectivity index (χ0n) is 10.9. The van der Waals surface area contributed by atoms with Crippen LogP contribution in [0.4, 0.5) is 4.39 Å². The van der Waals surface area contributed by atoms with Crippen LogP contribution in [0.1, 0.15) is 18.0 Å². The number of halogens is 1. The van der Waals surface area contributed by atoms with Gasteiger partial charge in [-0.2, -0.15) is 0 Å². The summed E-state index contributed by atoms with van der Waals surface area (Å²) in [5, 5.41) is 3.33. The van der Waals surface area contributed by atoms with Gasteiger partial charge in [-0.1, -0.05) is 12.1 Å². The molecule has 1 aromatic carbocycles. The predicted molar refractivity (Wildman–Crippen MR) is 70.8 cm³/mol. The van der Waals surface area contributed by atoms with E-state index in [2.05, 4.69) is 10.2 Å². The molecular weight excluding hydrogens is 231 g/mol. The van der Waals surface area contributed by atoms with E-state index in [1.54, 1.807) is 7.11 Å². The highest BCUT2D eigenvalue weighted by Gasteiger charge is 2.21. The van der Waals surface area contributed by atoms with E-state index in [4.69, 9.17) is 4.74 Å². The van der Waals surface area contributed by atoms with Gasteiger partial charge in [0.15, 0.2) is 0 Å². The molecule has 0 aromatic heterocycles. The van der Waals surface area contributed by atoms with Gasteiger partial charge in [-0.3, -0.25) is 9.29 Å². The Kier molecular flexibility index (Phi) is 4.96. The molecule has 18 heavy (non-hydrogen) atoms. The first-order chi connectivity index (χ1) is 8.85. The molecule has 1 saturated heterocycles. The van der Waals surface area contributed by atoms with Gasteiger partial charge >= 0.3 is 0 Å². The first-order valence-electron chi connectivity index (χ1n) is 6.50. The Hall–Kier alpha value is -1.13. The molecule has 0 saturated carbocycles. The highest BCUT2D eigenvalue weighted by molar-refractivity contribution is 5.29. The molecule has 0 spiro atoms. The van der Waals surface area contributed by atoms with E-state index < -0.39 is 0 Å². The molecule has 1 fully saturated rings. The van der Waals surface area contributed by atoms with Crippen molar-refractivity contribution >= 4 is 0 Å². The molecule has 1 aliphatic heterocycles. The third-order valence-electron chi connectivity index (χ3n) is 3.48. The van der Waals surface area contributed by atoms with Crippen LogP contribution in [-0.4, -0.2) is 44.9 Å². The summed E-state index contributed by atoms with van der Waals surface area (Å²) in [6.45, 7) is 3.66. The lowest BCUT2D eigenvalue weighted by Gasteiger charge is -2.35. The number of piperazine rings is 1. The number of methoxy groups -OCH3 is 1. The Morgan fingerprint density at radius 3 is 2.50 bits per heavy atom. The molecule has 2 rings (SSSR count). The third-order valence-corrected chi connectivity index (χ3v) is 3.48. The number of alkyl halides is 1. The molecule has 0 unspecified atom stereocenters. The largest absolute Gasteiger partial charge is 0.497 e. The zero-order valence-corrected chi connectivity index (χ0v) is 10.9. The predicted octanol–water partition coefficient (Wildman–Crippen LogP) is 2.00. The van der Waals surface area contributed by atoms with Crippen molar-refractivity contribution in [2.75, 3.05) is 40.0 Å². The zero-order chi connectivity index (χ0) is 12.8. The molecular formula is C14H21FN2O. The summed E-state index contributed by atoms with van der Waals surface area (Å²) < 4.78 is 17.9. The van der Waals surface area contributed by atoms with Gasteiger partial charge in [0.2, 0.25) is 0 Å². The van der Waals surface area contributed by atoms with Crippen LogP contribution in [0.15, 0.2) is 24.3 Å². The number of rotatable bonds is 5. The number of hydrogen-bond acceptors (Lipinski definition) is 3. The van der Waals surface area contributed by atoms with Gasteiger partial charge in [0.1, 0.15) is 5.75 Å². The highest BCUT2D eigenvalue weighted by atomic mass is 19.1. The van der Waals surface area contributed by atoms with Crippen molar-refractivity contribution < 1.29 is 9.13 Å². The van der Waals surface area contributed by atoms with Crippen LogP contribution in [0.5, 0.6) is 5.75 Å². The minimum Gasteiger partial charge on any atom is -0.497 e. The molecule has 3 nitrogen and oxygen atoms in total. The minimum atomic E-state index is -0.277. The second-order valence-corrected chi connectivity index (χ2v) is 4.55. The number of nitrogens with zero attached hydrogens (tertiary/aromatic N) is 1. The Morgan fingerprint density at radius 2 is 1.94 bits per heavy atom. The Labute approximate surface area is 108 Å². The molecule has 0 amide bonds. The van der Waals surface area contributed by atoms with Crippen LogP contribution >= 0.6 is 0 Å². The first-order valence-corrected chi connectivity index (χ1v) is 6.50.